The van der Waals surface area contributed by atoms with Crippen molar-refractivity contribution in [2.75, 3.05) is 6.54 Å². The van der Waals surface area contributed by atoms with Gasteiger partial charge in [0.05, 0.1) is 5.75 Å². The molecular formula is C16H22N2S2. The van der Waals surface area contributed by atoms with E-state index in [1.165, 1.54) is 26.8 Å². The normalized spacial score (nSPS) is 12.6. The highest BCUT2D eigenvalue weighted by molar-refractivity contribution is 7.98. The van der Waals surface area contributed by atoms with Crippen LogP contribution in [-0.4, -0.2) is 11.5 Å². The minimum atomic E-state index is 0.408. The zero-order valence-corrected chi connectivity index (χ0v) is 14.0. The third-order valence-electron chi connectivity index (χ3n) is 3.05. The Morgan fingerprint density at radius 2 is 2.25 bits per heavy atom. The van der Waals surface area contributed by atoms with Crippen molar-refractivity contribution >= 4 is 23.1 Å². The van der Waals surface area contributed by atoms with Gasteiger partial charge in [-0.05, 0) is 38.9 Å². The van der Waals surface area contributed by atoms with Crippen LogP contribution in [0.4, 0.5) is 0 Å². The molecule has 1 aromatic carbocycles. The van der Waals surface area contributed by atoms with Crippen LogP contribution < -0.4 is 5.32 Å². The summed E-state index contributed by atoms with van der Waals surface area (Å²) in [6.07, 6.45) is 3.18. The van der Waals surface area contributed by atoms with Gasteiger partial charge in [0.25, 0.3) is 0 Å². The maximum atomic E-state index is 4.54. The lowest BCUT2D eigenvalue weighted by Crippen LogP contribution is -2.18. The Morgan fingerprint density at radius 1 is 1.40 bits per heavy atom. The van der Waals surface area contributed by atoms with Crippen molar-refractivity contribution in [2.45, 2.75) is 43.9 Å². The van der Waals surface area contributed by atoms with Crippen molar-refractivity contribution in [1.29, 1.82) is 0 Å². The third kappa shape index (κ3) is 4.62. The molecular weight excluding hydrogens is 284 g/mol. The Bertz CT molecular complexity index is 537. The van der Waals surface area contributed by atoms with Gasteiger partial charge in [-0.15, -0.1) is 23.1 Å². The van der Waals surface area contributed by atoms with Gasteiger partial charge in [-0.1, -0.05) is 24.6 Å². The average molecular weight is 306 g/mol. The third-order valence-corrected chi connectivity index (χ3v) is 5.42. The number of aryl methyl sites for hydroxylation is 1. The SMILES string of the molecule is CCCNC(C)c1cnc(CSc2cccc(C)c2)s1. The van der Waals surface area contributed by atoms with E-state index in [2.05, 4.69) is 55.3 Å². The number of hydrogen-bond acceptors (Lipinski definition) is 4. The molecule has 0 aliphatic rings. The van der Waals surface area contributed by atoms with Gasteiger partial charge in [0.2, 0.25) is 0 Å². The van der Waals surface area contributed by atoms with E-state index >= 15 is 0 Å². The van der Waals surface area contributed by atoms with Crippen molar-refractivity contribution < 1.29 is 0 Å². The second-order valence-corrected chi connectivity index (χ2v) is 7.13. The maximum absolute atomic E-state index is 4.54. The predicted molar refractivity (Wildman–Crippen MR) is 89.6 cm³/mol. The Morgan fingerprint density at radius 3 is 3.00 bits per heavy atom. The van der Waals surface area contributed by atoms with Gasteiger partial charge in [0.1, 0.15) is 5.01 Å². The molecule has 1 N–H and O–H groups in total. The molecule has 0 amide bonds. The van der Waals surface area contributed by atoms with E-state index < -0.39 is 0 Å². The molecule has 0 bridgehead atoms. The molecule has 1 heterocycles. The molecule has 2 rings (SSSR count). The van der Waals surface area contributed by atoms with Crippen LogP contribution in [0.2, 0.25) is 0 Å². The summed E-state index contributed by atoms with van der Waals surface area (Å²) in [7, 11) is 0. The fourth-order valence-corrected chi connectivity index (χ4v) is 3.87. The lowest BCUT2D eigenvalue weighted by molar-refractivity contribution is 0.577. The van der Waals surface area contributed by atoms with Crippen molar-refractivity contribution in [3.8, 4) is 0 Å². The van der Waals surface area contributed by atoms with Gasteiger partial charge < -0.3 is 5.32 Å². The summed E-state index contributed by atoms with van der Waals surface area (Å²) in [4.78, 5) is 7.19. The summed E-state index contributed by atoms with van der Waals surface area (Å²) in [5, 5.41) is 4.71. The Balaban J connectivity index is 1.89. The van der Waals surface area contributed by atoms with E-state index in [-0.39, 0.29) is 0 Å². The summed E-state index contributed by atoms with van der Waals surface area (Å²) in [5.74, 6) is 0.953. The van der Waals surface area contributed by atoms with Gasteiger partial charge in [-0.2, -0.15) is 0 Å². The molecule has 2 aromatic rings. The number of nitrogens with one attached hydrogen (secondary N) is 1. The van der Waals surface area contributed by atoms with E-state index in [9.17, 15) is 0 Å². The van der Waals surface area contributed by atoms with E-state index in [1.807, 2.05) is 29.3 Å². The predicted octanol–water partition coefficient (Wildman–Crippen LogP) is 4.80. The minimum Gasteiger partial charge on any atom is -0.309 e. The summed E-state index contributed by atoms with van der Waals surface area (Å²) >= 11 is 3.68. The molecule has 2 nitrogen and oxygen atoms in total. The largest absolute Gasteiger partial charge is 0.309 e. The van der Waals surface area contributed by atoms with Crippen LogP contribution in [0, 0.1) is 6.92 Å². The molecule has 1 unspecified atom stereocenters. The number of benzene rings is 1. The van der Waals surface area contributed by atoms with E-state index in [0.29, 0.717) is 6.04 Å². The number of thiazole rings is 1. The maximum Gasteiger partial charge on any atom is 0.103 e. The van der Waals surface area contributed by atoms with Crippen molar-refractivity contribution in [3.63, 3.8) is 0 Å². The van der Waals surface area contributed by atoms with Crippen molar-refractivity contribution in [1.82, 2.24) is 10.3 Å². The first-order valence-electron chi connectivity index (χ1n) is 7.06. The van der Waals surface area contributed by atoms with Crippen molar-refractivity contribution in [2.24, 2.45) is 0 Å². The Labute approximate surface area is 130 Å². The number of aromatic nitrogens is 1. The second-order valence-electron chi connectivity index (χ2n) is 4.94. The summed E-state index contributed by atoms with van der Waals surface area (Å²) < 4.78 is 0. The monoisotopic (exact) mass is 306 g/mol. The van der Waals surface area contributed by atoms with Crippen LogP contribution in [-0.2, 0) is 5.75 Å². The van der Waals surface area contributed by atoms with E-state index in [4.69, 9.17) is 0 Å². The molecule has 0 radical (unpaired) electrons. The zero-order chi connectivity index (χ0) is 14.4. The van der Waals surface area contributed by atoms with Crippen LogP contribution in [0.3, 0.4) is 0 Å². The molecule has 0 fully saturated rings. The highest BCUT2D eigenvalue weighted by atomic mass is 32.2. The lowest BCUT2D eigenvalue weighted by Gasteiger charge is -2.09. The van der Waals surface area contributed by atoms with Crippen LogP contribution in [0.1, 0.15) is 41.8 Å². The smallest absolute Gasteiger partial charge is 0.103 e. The van der Waals surface area contributed by atoms with Gasteiger partial charge in [0.15, 0.2) is 0 Å². The summed E-state index contributed by atoms with van der Waals surface area (Å²) in [6.45, 7) is 7.59. The van der Waals surface area contributed by atoms with Crippen molar-refractivity contribution in [3.05, 3.63) is 45.9 Å². The van der Waals surface area contributed by atoms with Gasteiger partial charge >= 0.3 is 0 Å². The number of nitrogens with zero attached hydrogens (tertiary/aromatic N) is 1. The fraction of sp³-hybridized carbons (Fsp3) is 0.438. The average Bonchev–Trinajstić information content (AvgIpc) is 2.91. The molecule has 20 heavy (non-hydrogen) atoms. The highest BCUT2D eigenvalue weighted by Gasteiger charge is 2.09. The zero-order valence-electron chi connectivity index (χ0n) is 12.3. The number of rotatable bonds is 7. The number of thioether (sulfide) groups is 1. The molecule has 0 saturated heterocycles. The molecule has 0 spiro atoms. The van der Waals surface area contributed by atoms with E-state index in [1.54, 1.807) is 0 Å². The Hall–Kier alpha value is -0.840. The topological polar surface area (TPSA) is 24.9 Å². The first-order chi connectivity index (χ1) is 9.69. The molecule has 1 atom stereocenters. The Kier molecular flexibility index (Phi) is 6.07. The van der Waals surface area contributed by atoms with Gasteiger partial charge in [0, 0.05) is 22.0 Å². The fourth-order valence-electron chi connectivity index (χ4n) is 1.90. The van der Waals surface area contributed by atoms with Crippen LogP contribution in [0.25, 0.3) is 0 Å². The number of hydrogen-bond donors (Lipinski definition) is 1. The molecule has 0 aliphatic carbocycles. The van der Waals surface area contributed by atoms with E-state index in [0.717, 1.165) is 12.3 Å². The first kappa shape index (κ1) is 15.5. The standard InChI is InChI=1S/C16H22N2S2/c1-4-8-17-13(3)15-10-18-16(20-15)11-19-14-7-5-6-12(2)9-14/h5-7,9-10,13,17H,4,8,11H2,1-3H3. The first-order valence-corrected chi connectivity index (χ1v) is 8.86. The lowest BCUT2D eigenvalue weighted by atomic mass is 10.2. The van der Waals surface area contributed by atoms with Gasteiger partial charge in [-0.3, -0.25) is 0 Å². The molecule has 0 saturated carbocycles. The summed E-state index contributed by atoms with van der Waals surface area (Å²) in [5.41, 5.74) is 1.31. The molecule has 1 aromatic heterocycles. The molecule has 4 heteroatoms. The molecule has 108 valence electrons. The summed E-state index contributed by atoms with van der Waals surface area (Å²) in [6, 6.07) is 9.04. The highest BCUT2D eigenvalue weighted by Crippen LogP contribution is 2.27. The van der Waals surface area contributed by atoms with Crippen LogP contribution in [0.15, 0.2) is 35.4 Å². The molecule has 0 aliphatic heterocycles. The van der Waals surface area contributed by atoms with Gasteiger partial charge in [-0.25, -0.2) is 4.98 Å². The van der Waals surface area contributed by atoms with Crippen LogP contribution >= 0.6 is 23.1 Å². The van der Waals surface area contributed by atoms with Crippen LogP contribution in [0.5, 0.6) is 0 Å². The minimum absolute atomic E-state index is 0.408. The quantitative estimate of drug-likeness (QED) is 0.743. The second kappa shape index (κ2) is 7.81.